The van der Waals surface area contributed by atoms with E-state index in [1.54, 1.807) is 13.0 Å². The fourth-order valence-corrected chi connectivity index (χ4v) is 2.73. The summed E-state index contributed by atoms with van der Waals surface area (Å²) in [6, 6.07) is 4.53. The second kappa shape index (κ2) is 6.71. The number of ether oxygens (including phenoxy) is 1. The van der Waals surface area contributed by atoms with Gasteiger partial charge in [-0.25, -0.2) is 13.1 Å². The number of aliphatic carboxylic acids is 1. The Morgan fingerprint density at radius 3 is 2.60 bits per heavy atom. The fourth-order valence-electron chi connectivity index (χ4n) is 1.51. The first-order chi connectivity index (χ1) is 9.27. The van der Waals surface area contributed by atoms with Crippen LogP contribution in [-0.4, -0.2) is 32.6 Å². The molecule has 20 heavy (non-hydrogen) atoms. The predicted molar refractivity (Wildman–Crippen MR) is 74.3 cm³/mol. The Labute approximate surface area is 118 Å². The number of carbonyl (C=O) groups is 1. The van der Waals surface area contributed by atoms with Gasteiger partial charge in [-0.1, -0.05) is 6.92 Å². The molecule has 1 unspecified atom stereocenters. The molecule has 0 bridgehead atoms. The number of hydrogen-bond donors (Lipinski definition) is 2. The highest BCUT2D eigenvalue weighted by atomic mass is 32.2. The van der Waals surface area contributed by atoms with Crippen LogP contribution in [0.4, 0.5) is 0 Å². The van der Waals surface area contributed by atoms with Gasteiger partial charge in [0.1, 0.15) is 5.75 Å². The van der Waals surface area contributed by atoms with Gasteiger partial charge in [0.2, 0.25) is 10.0 Å². The molecular formula is C13H19NO5S. The summed E-state index contributed by atoms with van der Waals surface area (Å²) in [5, 5.41) is 8.74. The van der Waals surface area contributed by atoms with Crippen molar-refractivity contribution in [1.82, 2.24) is 4.72 Å². The Morgan fingerprint density at radius 2 is 2.10 bits per heavy atom. The van der Waals surface area contributed by atoms with E-state index in [4.69, 9.17) is 9.84 Å². The minimum atomic E-state index is -3.71. The first kappa shape index (κ1) is 16.5. The summed E-state index contributed by atoms with van der Waals surface area (Å²) in [5.41, 5.74) is 0.709. The van der Waals surface area contributed by atoms with Crippen molar-refractivity contribution >= 4 is 16.0 Å². The maximum Gasteiger partial charge on any atom is 0.307 e. The van der Waals surface area contributed by atoms with E-state index < -0.39 is 21.9 Å². The van der Waals surface area contributed by atoms with Crippen molar-refractivity contribution in [3.05, 3.63) is 23.8 Å². The van der Waals surface area contributed by atoms with E-state index in [-0.39, 0.29) is 11.4 Å². The second-order valence-corrected chi connectivity index (χ2v) is 6.22. The topological polar surface area (TPSA) is 92.7 Å². The quantitative estimate of drug-likeness (QED) is 0.794. The highest BCUT2D eigenvalue weighted by molar-refractivity contribution is 7.89. The summed E-state index contributed by atoms with van der Waals surface area (Å²) in [4.78, 5) is 10.8. The predicted octanol–water partition coefficient (Wildman–Crippen LogP) is 1.39. The molecule has 7 heteroatoms. The molecule has 1 aromatic carbocycles. The Kier molecular flexibility index (Phi) is 5.52. The van der Waals surface area contributed by atoms with Crippen LogP contribution in [0.2, 0.25) is 0 Å². The van der Waals surface area contributed by atoms with Crippen molar-refractivity contribution < 1.29 is 23.1 Å². The molecular weight excluding hydrogens is 282 g/mol. The molecule has 0 spiro atoms. The minimum Gasteiger partial charge on any atom is -0.494 e. The molecule has 0 radical (unpaired) electrons. The molecule has 6 nitrogen and oxygen atoms in total. The number of benzene rings is 1. The lowest BCUT2D eigenvalue weighted by atomic mass is 10.2. The Morgan fingerprint density at radius 1 is 1.45 bits per heavy atom. The van der Waals surface area contributed by atoms with Crippen LogP contribution in [0.1, 0.15) is 19.4 Å². The van der Waals surface area contributed by atoms with E-state index in [2.05, 4.69) is 4.72 Å². The van der Waals surface area contributed by atoms with E-state index in [0.29, 0.717) is 17.9 Å². The largest absolute Gasteiger partial charge is 0.494 e. The minimum absolute atomic E-state index is 0.0936. The van der Waals surface area contributed by atoms with E-state index >= 15 is 0 Å². The van der Waals surface area contributed by atoms with E-state index in [9.17, 15) is 13.2 Å². The van der Waals surface area contributed by atoms with Gasteiger partial charge in [-0.05, 0) is 37.6 Å². The van der Waals surface area contributed by atoms with Gasteiger partial charge in [0.15, 0.2) is 0 Å². The van der Waals surface area contributed by atoms with Crippen LogP contribution in [0.5, 0.6) is 5.75 Å². The molecule has 0 saturated carbocycles. The van der Waals surface area contributed by atoms with E-state index in [1.165, 1.54) is 19.1 Å². The molecule has 1 rings (SSSR count). The van der Waals surface area contributed by atoms with Gasteiger partial charge >= 0.3 is 5.97 Å². The van der Waals surface area contributed by atoms with Gasteiger partial charge in [0, 0.05) is 6.54 Å². The molecule has 2 N–H and O–H groups in total. The van der Waals surface area contributed by atoms with Crippen molar-refractivity contribution in [2.75, 3.05) is 13.2 Å². The van der Waals surface area contributed by atoms with Gasteiger partial charge in [0.25, 0.3) is 0 Å². The summed E-state index contributed by atoms with van der Waals surface area (Å²) in [5.74, 6) is -1.20. The van der Waals surface area contributed by atoms with Crippen molar-refractivity contribution in [1.29, 1.82) is 0 Å². The lowest BCUT2D eigenvalue weighted by Crippen LogP contribution is -2.31. The van der Waals surface area contributed by atoms with Gasteiger partial charge < -0.3 is 9.84 Å². The summed E-state index contributed by atoms with van der Waals surface area (Å²) >= 11 is 0. The maximum atomic E-state index is 12.0. The number of nitrogens with one attached hydrogen (secondary N) is 1. The number of sulfonamides is 1. The molecule has 0 aliphatic rings. The average molecular weight is 301 g/mol. The van der Waals surface area contributed by atoms with Crippen LogP contribution in [0.3, 0.4) is 0 Å². The summed E-state index contributed by atoms with van der Waals surface area (Å²) < 4.78 is 31.7. The van der Waals surface area contributed by atoms with E-state index in [1.807, 2.05) is 6.92 Å². The van der Waals surface area contributed by atoms with Crippen molar-refractivity contribution in [2.45, 2.75) is 25.7 Å². The standard InChI is InChI=1S/C13H19NO5S/c1-4-19-12-6-5-11(7-9(12)2)20(17,18)14-8-10(3)13(15)16/h5-7,10,14H,4,8H2,1-3H3,(H,15,16). The highest BCUT2D eigenvalue weighted by Gasteiger charge is 2.19. The fraction of sp³-hybridized carbons (Fsp3) is 0.462. The normalized spacial score (nSPS) is 12.9. The Balaban J connectivity index is 2.88. The zero-order chi connectivity index (χ0) is 15.3. The molecule has 0 aromatic heterocycles. The molecule has 0 aliphatic heterocycles. The van der Waals surface area contributed by atoms with Crippen LogP contribution >= 0.6 is 0 Å². The van der Waals surface area contributed by atoms with Crippen molar-refractivity contribution in [3.8, 4) is 5.75 Å². The third-order valence-corrected chi connectivity index (χ3v) is 4.18. The van der Waals surface area contributed by atoms with Gasteiger partial charge in [-0.15, -0.1) is 0 Å². The molecule has 112 valence electrons. The molecule has 1 atom stereocenters. The van der Waals surface area contributed by atoms with Gasteiger partial charge in [-0.2, -0.15) is 0 Å². The first-order valence-electron chi connectivity index (χ1n) is 6.24. The zero-order valence-corrected chi connectivity index (χ0v) is 12.5. The van der Waals surface area contributed by atoms with E-state index in [0.717, 1.165) is 0 Å². The van der Waals surface area contributed by atoms with Crippen LogP contribution in [0, 0.1) is 12.8 Å². The maximum absolute atomic E-state index is 12.0. The molecule has 0 saturated heterocycles. The van der Waals surface area contributed by atoms with Crippen molar-refractivity contribution in [3.63, 3.8) is 0 Å². The van der Waals surface area contributed by atoms with Gasteiger partial charge in [0.05, 0.1) is 17.4 Å². The third kappa shape index (κ3) is 4.21. The lowest BCUT2D eigenvalue weighted by molar-refractivity contribution is -0.140. The van der Waals surface area contributed by atoms with Crippen molar-refractivity contribution in [2.24, 2.45) is 5.92 Å². The smallest absolute Gasteiger partial charge is 0.307 e. The lowest BCUT2D eigenvalue weighted by Gasteiger charge is -2.12. The number of aryl methyl sites for hydroxylation is 1. The number of hydrogen-bond acceptors (Lipinski definition) is 4. The molecule has 0 heterocycles. The highest BCUT2D eigenvalue weighted by Crippen LogP contribution is 2.21. The van der Waals surface area contributed by atoms with Gasteiger partial charge in [-0.3, -0.25) is 4.79 Å². The number of carboxylic acids is 1. The number of rotatable bonds is 7. The Hall–Kier alpha value is -1.60. The SMILES string of the molecule is CCOc1ccc(S(=O)(=O)NCC(C)C(=O)O)cc1C. The third-order valence-electron chi connectivity index (χ3n) is 2.76. The summed E-state index contributed by atoms with van der Waals surface area (Å²) in [6.45, 7) is 5.39. The molecule has 0 aliphatic carbocycles. The first-order valence-corrected chi connectivity index (χ1v) is 7.72. The van der Waals surface area contributed by atoms with Crippen LogP contribution in [0.25, 0.3) is 0 Å². The average Bonchev–Trinajstić information content (AvgIpc) is 2.38. The monoisotopic (exact) mass is 301 g/mol. The summed E-state index contributed by atoms with van der Waals surface area (Å²) in [7, 11) is -3.71. The molecule has 0 fully saturated rings. The second-order valence-electron chi connectivity index (χ2n) is 4.45. The molecule has 1 aromatic rings. The van der Waals surface area contributed by atoms with Crippen LogP contribution in [-0.2, 0) is 14.8 Å². The number of carboxylic acid groups (broad SMARTS) is 1. The van der Waals surface area contributed by atoms with Crippen LogP contribution in [0.15, 0.2) is 23.1 Å². The Bertz CT molecular complexity index is 582. The summed E-state index contributed by atoms with van der Waals surface area (Å²) in [6.07, 6.45) is 0. The molecule has 0 amide bonds. The zero-order valence-electron chi connectivity index (χ0n) is 11.7. The van der Waals surface area contributed by atoms with Crippen LogP contribution < -0.4 is 9.46 Å².